The van der Waals surface area contributed by atoms with Gasteiger partial charge in [-0.2, -0.15) is 0 Å². The molecule has 1 fully saturated rings. The van der Waals surface area contributed by atoms with Crippen LogP contribution in [0.15, 0.2) is 11.0 Å². The van der Waals surface area contributed by atoms with Crippen molar-refractivity contribution in [2.75, 3.05) is 12.8 Å². The van der Waals surface area contributed by atoms with Crippen LogP contribution in [0.1, 0.15) is 40.5 Å². The van der Waals surface area contributed by atoms with Crippen molar-refractivity contribution in [3.63, 3.8) is 0 Å². The summed E-state index contributed by atoms with van der Waals surface area (Å²) < 4.78 is 0. The SMILES string of the molecule is CSc1cc(C2CC2)nc2c1C(=O)NCC2. The number of nitrogens with one attached hydrogen (secondary N) is 1. The Morgan fingerprint density at radius 2 is 2.31 bits per heavy atom. The summed E-state index contributed by atoms with van der Waals surface area (Å²) in [4.78, 5) is 17.5. The number of nitrogens with zero attached hydrogens (tertiary/aromatic N) is 1. The first-order valence-electron chi connectivity index (χ1n) is 5.65. The molecule has 3 nitrogen and oxygen atoms in total. The van der Waals surface area contributed by atoms with Gasteiger partial charge >= 0.3 is 0 Å². The van der Waals surface area contributed by atoms with E-state index in [0.29, 0.717) is 5.92 Å². The molecule has 0 unspecified atom stereocenters. The Kier molecular flexibility index (Phi) is 2.39. The van der Waals surface area contributed by atoms with Gasteiger partial charge in [0, 0.05) is 29.5 Å². The normalized spacial score (nSPS) is 19.2. The maximum atomic E-state index is 11.8. The third-order valence-electron chi connectivity index (χ3n) is 3.17. The number of rotatable bonds is 2. The predicted octanol–water partition coefficient (Wildman–Crippen LogP) is 1.97. The highest BCUT2D eigenvalue weighted by atomic mass is 32.2. The number of amides is 1. The van der Waals surface area contributed by atoms with Crippen LogP contribution < -0.4 is 5.32 Å². The molecule has 1 amide bonds. The maximum absolute atomic E-state index is 11.8. The zero-order valence-corrected chi connectivity index (χ0v) is 10.1. The fourth-order valence-corrected chi connectivity index (χ4v) is 2.80. The van der Waals surface area contributed by atoms with Crippen LogP contribution >= 0.6 is 11.8 Å². The summed E-state index contributed by atoms with van der Waals surface area (Å²) in [5, 5.41) is 2.88. The van der Waals surface area contributed by atoms with E-state index < -0.39 is 0 Å². The Bertz CT molecular complexity index is 437. The number of carbonyl (C=O) groups excluding carboxylic acids is 1. The molecule has 0 bridgehead atoms. The molecule has 0 spiro atoms. The molecule has 1 aromatic rings. The van der Waals surface area contributed by atoms with E-state index in [0.717, 1.165) is 29.1 Å². The van der Waals surface area contributed by atoms with E-state index in [1.54, 1.807) is 11.8 Å². The van der Waals surface area contributed by atoms with E-state index >= 15 is 0 Å². The minimum Gasteiger partial charge on any atom is -0.352 e. The van der Waals surface area contributed by atoms with Gasteiger partial charge in [0.05, 0.1) is 11.3 Å². The first kappa shape index (κ1) is 10.1. The fraction of sp³-hybridized carbons (Fsp3) is 0.500. The van der Waals surface area contributed by atoms with E-state index in [1.165, 1.54) is 18.5 Å². The average Bonchev–Trinajstić information content (AvgIpc) is 3.11. The van der Waals surface area contributed by atoms with Crippen molar-refractivity contribution in [3.8, 4) is 0 Å². The molecule has 1 aliphatic heterocycles. The molecule has 0 radical (unpaired) electrons. The minimum atomic E-state index is 0.0421. The van der Waals surface area contributed by atoms with Crippen LogP contribution in [-0.4, -0.2) is 23.7 Å². The van der Waals surface area contributed by atoms with Crippen molar-refractivity contribution in [2.45, 2.75) is 30.1 Å². The Balaban J connectivity index is 2.13. The van der Waals surface area contributed by atoms with Crippen LogP contribution in [0.4, 0.5) is 0 Å². The minimum absolute atomic E-state index is 0.0421. The molecule has 1 aromatic heterocycles. The molecule has 1 N–H and O–H groups in total. The largest absolute Gasteiger partial charge is 0.352 e. The van der Waals surface area contributed by atoms with Gasteiger partial charge in [0.15, 0.2) is 0 Å². The summed E-state index contributed by atoms with van der Waals surface area (Å²) in [5.41, 5.74) is 3.00. The second-order valence-electron chi connectivity index (χ2n) is 4.35. The van der Waals surface area contributed by atoms with Crippen LogP contribution in [0, 0.1) is 0 Å². The molecule has 0 atom stereocenters. The molecule has 16 heavy (non-hydrogen) atoms. The number of carbonyl (C=O) groups is 1. The smallest absolute Gasteiger partial charge is 0.254 e. The molecule has 4 heteroatoms. The summed E-state index contributed by atoms with van der Waals surface area (Å²) in [6.45, 7) is 0.723. The molecule has 2 aliphatic rings. The van der Waals surface area contributed by atoms with Crippen molar-refractivity contribution in [3.05, 3.63) is 23.0 Å². The maximum Gasteiger partial charge on any atom is 0.254 e. The van der Waals surface area contributed by atoms with Crippen molar-refractivity contribution in [2.24, 2.45) is 0 Å². The van der Waals surface area contributed by atoms with Gasteiger partial charge < -0.3 is 5.32 Å². The van der Waals surface area contributed by atoms with Crippen LogP contribution in [0.25, 0.3) is 0 Å². The number of thioether (sulfide) groups is 1. The molecule has 0 aromatic carbocycles. The topological polar surface area (TPSA) is 42.0 Å². The highest BCUT2D eigenvalue weighted by Crippen LogP contribution is 2.41. The summed E-state index contributed by atoms with van der Waals surface area (Å²) in [6, 6.07) is 2.10. The van der Waals surface area contributed by atoms with Gasteiger partial charge in [0.2, 0.25) is 0 Å². The number of fused-ring (bicyclic) bond motifs is 1. The van der Waals surface area contributed by atoms with Gasteiger partial charge in [-0.3, -0.25) is 9.78 Å². The lowest BCUT2D eigenvalue weighted by Crippen LogP contribution is -2.33. The van der Waals surface area contributed by atoms with Crippen molar-refractivity contribution >= 4 is 17.7 Å². The number of pyridine rings is 1. The van der Waals surface area contributed by atoms with Gasteiger partial charge in [-0.25, -0.2) is 0 Å². The average molecular weight is 234 g/mol. The lowest BCUT2D eigenvalue weighted by atomic mass is 10.0. The zero-order chi connectivity index (χ0) is 11.1. The molecule has 84 valence electrons. The van der Waals surface area contributed by atoms with Crippen LogP contribution in [-0.2, 0) is 6.42 Å². The first-order valence-corrected chi connectivity index (χ1v) is 6.88. The highest BCUT2D eigenvalue weighted by molar-refractivity contribution is 7.98. The standard InChI is InChI=1S/C12H14N2OS/c1-16-10-6-9(7-2-3-7)14-8-4-5-13-12(15)11(8)10/h6-7H,2-5H2,1H3,(H,13,15). The van der Waals surface area contributed by atoms with Gasteiger partial charge in [-0.05, 0) is 25.2 Å². The van der Waals surface area contributed by atoms with E-state index in [2.05, 4.69) is 16.4 Å². The molecular weight excluding hydrogens is 220 g/mol. The summed E-state index contributed by atoms with van der Waals surface area (Å²) >= 11 is 1.65. The third kappa shape index (κ3) is 1.61. The van der Waals surface area contributed by atoms with Gasteiger partial charge in [-0.15, -0.1) is 11.8 Å². The molecule has 1 aliphatic carbocycles. The molecule has 2 heterocycles. The van der Waals surface area contributed by atoms with E-state index in [1.807, 2.05) is 6.26 Å². The summed E-state index contributed by atoms with van der Waals surface area (Å²) in [7, 11) is 0. The van der Waals surface area contributed by atoms with Gasteiger partial charge in [0.25, 0.3) is 5.91 Å². The van der Waals surface area contributed by atoms with Crippen molar-refractivity contribution in [1.82, 2.24) is 10.3 Å². The van der Waals surface area contributed by atoms with Crippen LogP contribution in [0.3, 0.4) is 0 Å². The fourth-order valence-electron chi connectivity index (χ4n) is 2.15. The van der Waals surface area contributed by atoms with Gasteiger partial charge in [-0.1, -0.05) is 0 Å². The summed E-state index contributed by atoms with van der Waals surface area (Å²) in [6.07, 6.45) is 5.40. The second-order valence-corrected chi connectivity index (χ2v) is 5.20. The molecule has 1 saturated carbocycles. The van der Waals surface area contributed by atoms with E-state index in [9.17, 15) is 4.79 Å². The Morgan fingerprint density at radius 3 is 3.00 bits per heavy atom. The summed E-state index contributed by atoms with van der Waals surface area (Å²) in [5.74, 6) is 0.696. The Hall–Kier alpha value is -1.03. The van der Waals surface area contributed by atoms with E-state index in [-0.39, 0.29) is 5.91 Å². The molecule has 3 rings (SSSR count). The lowest BCUT2D eigenvalue weighted by Gasteiger charge is -2.19. The van der Waals surface area contributed by atoms with Crippen molar-refractivity contribution in [1.29, 1.82) is 0 Å². The number of aromatic nitrogens is 1. The van der Waals surface area contributed by atoms with E-state index in [4.69, 9.17) is 0 Å². The van der Waals surface area contributed by atoms with Gasteiger partial charge in [0.1, 0.15) is 0 Å². The van der Waals surface area contributed by atoms with Crippen LogP contribution in [0.2, 0.25) is 0 Å². The van der Waals surface area contributed by atoms with Crippen molar-refractivity contribution < 1.29 is 4.79 Å². The Labute approximate surface area is 99.0 Å². The molecular formula is C12H14N2OS. The first-order chi connectivity index (χ1) is 7.79. The quantitative estimate of drug-likeness (QED) is 0.795. The lowest BCUT2D eigenvalue weighted by molar-refractivity contribution is 0.0941. The predicted molar refractivity (Wildman–Crippen MR) is 64.0 cm³/mol. The third-order valence-corrected chi connectivity index (χ3v) is 3.93. The number of hydrogen-bond donors (Lipinski definition) is 1. The zero-order valence-electron chi connectivity index (χ0n) is 9.25. The monoisotopic (exact) mass is 234 g/mol. The Morgan fingerprint density at radius 1 is 1.50 bits per heavy atom. The highest BCUT2D eigenvalue weighted by Gasteiger charge is 2.29. The second kappa shape index (κ2) is 3.77. The van der Waals surface area contributed by atoms with Crippen LogP contribution in [0.5, 0.6) is 0 Å². The number of hydrogen-bond acceptors (Lipinski definition) is 3. The molecule has 0 saturated heterocycles.